The molecule has 1 aromatic carbocycles. The standard InChI is InChI=1S/C14H23NO4S/c1-13-4-3-5-14(12-13)6-7-15-20(16,17)11-10-19-9-8-18-2/h3-5,12,15H,6-11H2,1-2H3. The lowest BCUT2D eigenvalue weighted by atomic mass is 10.1. The summed E-state index contributed by atoms with van der Waals surface area (Å²) in [5, 5.41) is 0. The molecule has 0 saturated carbocycles. The minimum Gasteiger partial charge on any atom is -0.382 e. The van der Waals surface area contributed by atoms with Crippen LogP contribution in [0.5, 0.6) is 0 Å². The SMILES string of the molecule is COCCOCCS(=O)(=O)NCCc1cccc(C)c1. The van der Waals surface area contributed by atoms with Gasteiger partial charge in [-0.15, -0.1) is 0 Å². The number of nitrogens with one attached hydrogen (secondary N) is 1. The van der Waals surface area contributed by atoms with Crippen molar-refractivity contribution in [2.45, 2.75) is 13.3 Å². The van der Waals surface area contributed by atoms with E-state index in [0.29, 0.717) is 26.2 Å². The predicted molar refractivity (Wildman–Crippen MR) is 79.4 cm³/mol. The summed E-state index contributed by atoms with van der Waals surface area (Å²) in [6.45, 7) is 3.49. The number of hydrogen-bond donors (Lipinski definition) is 1. The second-order valence-electron chi connectivity index (χ2n) is 4.56. The summed E-state index contributed by atoms with van der Waals surface area (Å²) in [5.74, 6) is -0.0233. The van der Waals surface area contributed by atoms with Crippen LogP contribution < -0.4 is 4.72 Å². The van der Waals surface area contributed by atoms with E-state index in [1.165, 1.54) is 5.56 Å². The minimum atomic E-state index is -3.26. The Kier molecular flexibility index (Phi) is 7.76. The molecule has 0 aliphatic heterocycles. The van der Waals surface area contributed by atoms with Crippen LogP contribution in [-0.2, 0) is 25.9 Å². The van der Waals surface area contributed by atoms with Crippen LogP contribution in [0.15, 0.2) is 24.3 Å². The van der Waals surface area contributed by atoms with Gasteiger partial charge in [0, 0.05) is 13.7 Å². The average Bonchev–Trinajstić information content (AvgIpc) is 2.38. The number of sulfonamides is 1. The van der Waals surface area contributed by atoms with E-state index < -0.39 is 10.0 Å². The summed E-state index contributed by atoms with van der Waals surface area (Å²) in [5.41, 5.74) is 2.31. The molecule has 0 aromatic heterocycles. The first kappa shape index (κ1) is 17.1. The molecule has 0 atom stereocenters. The molecule has 0 radical (unpaired) electrons. The van der Waals surface area contributed by atoms with Crippen LogP contribution in [-0.4, -0.2) is 47.6 Å². The highest BCUT2D eigenvalue weighted by Gasteiger charge is 2.09. The van der Waals surface area contributed by atoms with Gasteiger partial charge in [-0.25, -0.2) is 13.1 Å². The largest absolute Gasteiger partial charge is 0.382 e. The molecule has 114 valence electrons. The zero-order chi connectivity index (χ0) is 14.8. The Bertz CT molecular complexity index is 488. The van der Waals surface area contributed by atoms with Gasteiger partial charge in [-0.1, -0.05) is 29.8 Å². The highest BCUT2D eigenvalue weighted by molar-refractivity contribution is 7.89. The molecule has 20 heavy (non-hydrogen) atoms. The van der Waals surface area contributed by atoms with E-state index in [4.69, 9.17) is 9.47 Å². The van der Waals surface area contributed by atoms with Crippen LogP contribution in [0, 0.1) is 6.92 Å². The fourth-order valence-electron chi connectivity index (χ4n) is 1.70. The summed E-state index contributed by atoms with van der Waals surface area (Å²) in [7, 11) is -1.69. The molecule has 1 rings (SSSR count). The van der Waals surface area contributed by atoms with Crippen LogP contribution in [0.2, 0.25) is 0 Å². The minimum absolute atomic E-state index is 0.0233. The number of methoxy groups -OCH3 is 1. The second-order valence-corrected chi connectivity index (χ2v) is 6.48. The molecule has 1 N–H and O–H groups in total. The highest BCUT2D eigenvalue weighted by atomic mass is 32.2. The predicted octanol–water partition coefficient (Wildman–Crippen LogP) is 1.12. The molecule has 0 amide bonds. The van der Waals surface area contributed by atoms with Gasteiger partial charge in [0.15, 0.2) is 0 Å². The summed E-state index contributed by atoms with van der Waals surface area (Å²) >= 11 is 0. The van der Waals surface area contributed by atoms with E-state index in [2.05, 4.69) is 10.8 Å². The third kappa shape index (κ3) is 7.59. The molecule has 0 saturated heterocycles. The first-order valence-electron chi connectivity index (χ1n) is 6.63. The van der Waals surface area contributed by atoms with Crippen molar-refractivity contribution < 1.29 is 17.9 Å². The molecule has 0 heterocycles. The highest BCUT2D eigenvalue weighted by Crippen LogP contribution is 2.04. The molecule has 0 bridgehead atoms. The first-order chi connectivity index (χ1) is 9.53. The molecule has 0 spiro atoms. The van der Waals surface area contributed by atoms with Crippen molar-refractivity contribution in [3.63, 3.8) is 0 Å². The maximum absolute atomic E-state index is 11.7. The first-order valence-corrected chi connectivity index (χ1v) is 8.28. The van der Waals surface area contributed by atoms with Crippen LogP contribution in [0.1, 0.15) is 11.1 Å². The van der Waals surface area contributed by atoms with Crippen LogP contribution >= 0.6 is 0 Å². The number of ether oxygens (including phenoxy) is 2. The fraction of sp³-hybridized carbons (Fsp3) is 0.571. The number of hydrogen-bond acceptors (Lipinski definition) is 4. The smallest absolute Gasteiger partial charge is 0.213 e. The quantitative estimate of drug-likeness (QED) is 0.658. The molecule has 0 aliphatic carbocycles. The van der Waals surface area contributed by atoms with E-state index in [0.717, 1.165) is 5.56 Å². The maximum Gasteiger partial charge on any atom is 0.213 e. The van der Waals surface area contributed by atoms with Crippen molar-refractivity contribution in [1.82, 2.24) is 4.72 Å². The average molecular weight is 301 g/mol. The van der Waals surface area contributed by atoms with E-state index in [9.17, 15) is 8.42 Å². The van der Waals surface area contributed by atoms with Gasteiger partial charge in [0.2, 0.25) is 10.0 Å². The summed E-state index contributed by atoms with van der Waals surface area (Å²) in [4.78, 5) is 0. The molecule has 0 aliphatic rings. The Hall–Kier alpha value is -0.950. The second kappa shape index (κ2) is 9.07. The Morgan fingerprint density at radius 1 is 1.20 bits per heavy atom. The Morgan fingerprint density at radius 3 is 2.70 bits per heavy atom. The van der Waals surface area contributed by atoms with Gasteiger partial charge >= 0.3 is 0 Å². The number of benzene rings is 1. The lowest BCUT2D eigenvalue weighted by Gasteiger charge is -2.08. The Labute approximate surface area is 121 Å². The molecule has 0 fully saturated rings. The van der Waals surface area contributed by atoms with Crippen molar-refractivity contribution >= 4 is 10.0 Å². The van der Waals surface area contributed by atoms with Crippen LogP contribution in [0.4, 0.5) is 0 Å². The Balaban J connectivity index is 2.22. The zero-order valence-electron chi connectivity index (χ0n) is 12.1. The third-order valence-electron chi connectivity index (χ3n) is 2.75. The van der Waals surface area contributed by atoms with Crippen molar-refractivity contribution in [3.8, 4) is 0 Å². The van der Waals surface area contributed by atoms with Gasteiger partial charge in [-0.05, 0) is 18.9 Å². The Morgan fingerprint density at radius 2 is 2.00 bits per heavy atom. The van der Waals surface area contributed by atoms with Crippen molar-refractivity contribution in [3.05, 3.63) is 35.4 Å². The summed E-state index contributed by atoms with van der Waals surface area (Å²) < 4.78 is 35.9. The van der Waals surface area contributed by atoms with Gasteiger partial charge in [-0.3, -0.25) is 0 Å². The zero-order valence-corrected chi connectivity index (χ0v) is 12.9. The summed E-state index contributed by atoms with van der Waals surface area (Å²) in [6.07, 6.45) is 0.686. The van der Waals surface area contributed by atoms with E-state index in [-0.39, 0.29) is 12.4 Å². The summed E-state index contributed by atoms with van der Waals surface area (Å²) in [6, 6.07) is 8.05. The maximum atomic E-state index is 11.7. The van der Waals surface area contributed by atoms with Gasteiger partial charge in [0.05, 0.1) is 25.6 Å². The third-order valence-corrected chi connectivity index (χ3v) is 4.09. The normalized spacial score (nSPS) is 11.7. The van der Waals surface area contributed by atoms with Gasteiger partial charge in [0.1, 0.15) is 0 Å². The van der Waals surface area contributed by atoms with E-state index in [1.54, 1.807) is 7.11 Å². The van der Waals surface area contributed by atoms with Crippen LogP contribution in [0.25, 0.3) is 0 Å². The van der Waals surface area contributed by atoms with Gasteiger partial charge in [0.25, 0.3) is 0 Å². The molecular weight excluding hydrogens is 278 g/mol. The van der Waals surface area contributed by atoms with Crippen LogP contribution in [0.3, 0.4) is 0 Å². The lowest BCUT2D eigenvalue weighted by molar-refractivity contribution is 0.0784. The van der Waals surface area contributed by atoms with E-state index >= 15 is 0 Å². The molecule has 5 nitrogen and oxygen atoms in total. The van der Waals surface area contributed by atoms with Crippen molar-refractivity contribution in [2.75, 3.05) is 39.2 Å². The lowest BCUT2D eigenvalue weighted by Crippen LogP contribution is -2.30. The molecular formula is C14H23NO4S. The number of aryl methyl sites for hydroxylation is 1. The van der Waals surface area contributed by atoms with Crippen molar-refractivity contribution in [2.24, 2.45) is 0 Å². The van der Waals surface area contributed by atoms with Gasteiger partial charge in [-0.2, -0.15) is 0 Å². The van der Waals surface area contributed by atoms with Crippen molar-refractivity contribution in [1.29, 1.82) is 0 Å². The van der Waals surface area contributed by atoms with Gasteiger partial charge < -0.3 is 9.47 Å². The molecule has 1 aromatic rings. The van der Waals surface area contributed by atoms with E-state index in [1.807, 2.05) is 25.1 Å². The molecule has 0 unspecified atom stereocenters. The number of rotatable bonds is 10. The fourth-order valence-corrected chi connectivity index (χ4v) is 2.60. The molecule has 6 heteroatoms. The monoisotopic (exact) mass is 301 g/mol. The topological polar surface area (TPSA) is 64.6 Å².